The molecule has 1 N–H and O–H groups in total. The molecule has 98 valence electrons. The first-order chi connectivity index (χ1) is 9.29. The van der Waals surface area contributed by atoms with Crippen molar-refractivity contribution in [1.82, 2.24) is 5.32 Å². The molecule has 0 aliphatic rings. The smallest absolute Gasteiger partial charge is 0.244 e. The second-order valence-corrected chi connectivity index (χ2v) is 4.70. The van der Waals surface area contributed by atoms with E-state index in [4.69, 9.17) is 4.74 Å². The Balaban J connectivity index is 1.90. The second-order valence-electron chi connectivity index (χ2n) is 3.92. The summed E-state index contributed by atoms with van der Waals surface area (Å²) in [4.78, 5) is 11.7. The molecule has 19 heavy (non-hydrogen) atoms. The molecule has 0 aliphatic heterocycles. The molecule has 1 heterocycles. The van der Waals surface area contributed by atoms with Crippen LogP contribution in [0.4, 0.5) is 0 Å². The highest BCUT2D eigenvalue weighted by atomic mass is 32.1. The zero-order chi connectivity index (χ0) is 13.5. The van der Waals surface area contributed by atoms with Gasteiger partial charge in [0.15, 0.2) is 0 Å². The van der Waals surface area contributed by atoms with Crippen LogP contribution < -0.4 is 10.1 Å². The van der Waals surface area contributed by atoms with Gasteiger partial charge in [-0.05, 0) is 34.5 Å². The quantitative estimate of drug-likeness (QED) is 0.850. The third-order valence-electron chi connectivity index (χ3n) is 2.62. The summed E-state index contributed by atoms with van der Waals surface area (Å²) >= 11 is 1.61. The van der Waals surface area contributed by atoms with Crippen LogP contribution in [-0.4, -0.2) is 13.0 Å². The number of carbonyl (C=O) groups excluding carboxylic acids is 1. The number of rotatable bonds is 5. The minimum Gasteiger partial charge on any atom is -0.496 e. The molecule has 0 saturated carbocycles. The summed E-state index contributed by atoms with van der Waals surface area (Å²) in [5, 5.41) is 6.80. The van der Waals surface area contributed by atoms with Gasteiger partial charge in [-0.2, -0.15) is 11.3 Å². The molecular weight excluding hydrogens is 258 g/mol. The number of hydrogen-bond donors (Lipinski definition) is 1. The molecule has 0 radical (unpaired) electrons. The molecule has 1 amide bonds. The molecule has 0 fully saturated rings. The minimum atomic E-state index is -0.114. The highest BCUT2D eigenvalue weighted by Crippen LogP contribution is 2.16. The van der Waals surface area contributed by atoms with Crippen LogP contribution in [0.15, 0.2) is 47.2 Å². The summed E-state index contributed by atoms with van der Waals surface area (Å²) < 4.78 is 5.23. The molecule has 0 bridgehead atoms. The van der Waals surface area contributed by atoms with E-state index < -0.39 is 0 Å². The standard InChI is InChI=1S/C15H15NO2S/c1-18-14-5-3-2-4-13(14)10-16-15(17)7-6-12-8-9-19-11-12/h2-9,11H,10H2,1H3,(H,16,17). The predicted molar refractivity (Wildman–Crippen MR) is 78.2 cm³/mol. The van der Waals surface area contributed by atoms with Gasteiger partial charge in [-0.15, -0.1) is 0 Å². The van der Waals surface area contributed by atoms with Crippen molar-refractivity contribution in [2.75, 3.05) is 7.11 Å². The second kappa shape index (κ2) is 6.75. The summed E-state index contributed by atoms with van der Waals surface area (Å²) in [5.41, 5.74) is 2.00. The van der Waals surface area contributed by atoms with Crippen LogP contribution >= 0.6 is 11.3 Å². The maximum atomic E-state index is 11.7. The average Bonchev–Trinajstić information content (AvgIpc) is 2.96. The summed E-state index contributed by atoms with van der Waals surface area (Å²) in [7, 11) is 1.62. The molecule has 4 heteroatoms. The van der Waals surface area contributed by atoms with E-state index in [-0.39, 0.29) is 5.91 Å². The van der Waals surface area contributed by atoms with Crippen molar-refractivity contribution in [2.24, 2.45) is 0 Å². The maximum absolute atomic E-state index is 11.7. The lowest BCUT2D eigenvalue weighted by Crippen LogP contribution is -2.20. The van der Waals surface area contributed by atoms with Gasteiger partial charge in [0.2, 0.25) is 5.91 Å². The number of benzene rings is 1. The lowest BCUT2D eigenvalue weighted by Gasteiger charge is -2.08. The van der Waals surface area contributed by atoms with E-state index in [2.05, 4.69) is 5.32 Å². The summed E-state index contributed by atoms with van der Waals surface area (Å²) in [5.74, 6) is 0.668. The average molecular weight is 273 g/mol. The summed E-state index contributed by atoms with van der Waals surface area (Å²) in [6.07, 6.45) is 3.34. The Bertz CT molecular complexity index is 561. The molecule has 0 spiro atoms. The van der Waals surface area contributed by atoms with Crippen LogP contribution in [0.2, 0.25) is 0 Å². The van der Waals surface area contributed by atoms with Crippen molar-refractivity contribution in [3.05, 3.63) is 58.3 Å². The molecule has 1 aromatic heterocycles. The summed E-state index contributed by atoms with van der Waals surface area (Å²) in [6, 6.07) is 9.60. The van der Waals surface area contributed by atoms with Gasteiger partial charge in [0.25, 0.3) is 0 Å². The zero-order valence-electron chi connectivity index (χ0n) is 10.6. The topological polar surface area (TPSA) is 38.3 Å². The van der Waals surface area contributed by atoms with Gasteiger partial charge in [0.1, 0.15) is 5.75 Å². The SMILES string of the molecule is COc1ccccc1CNC(=O)C=Cc1ccsc1. The highest BCUT2D eigenvalue weighted by Gasteiger charge is 2.02. The number of amides is 1. The number of thiophene rings is 1. The number of carbonyl (C=O) groups is 1. The Hall–Kier alpha value is -2.07. The van der Waals surface area contributed by atoms with E-state index in [1.807, 2.05) is 41.1 Å². The molecule has 0 saturated heterocycles. The number of para-hydroxylation sites is 1. The van der Waals surface area contributed by atoms with Crippen LogP contribution in [0.3, 0.4) is 0 Å². The number of hydrogen-bond acceptors (Lipinski definition) is 3. The fourth-order valence-corrected chi connectivity index (χ4v) is 2.26. The molecule has 3 nitrogen and oxygen atoms in total. The van der Waals surface area contributed by atoms with Gasteiger partial charge in [0.05, 0.1) is 7.11 Å². The third kappa shape index (κ3) is 3.96. The Kier molecular flexibility index (Phi) is 4.75. The molecule has 0 unspecified atom stereocenters. The van der Waals surface area contributed by atoms with Crippen molar-refractivity contribution in [1.29, 1.82) is 0 Å². The van der Waals surface area contributed by atoms with Crippen molar-refractivity contribution in [3.8, 4) is 5.75 Å². The fourth-order valence-electron chi connectivity index (χ4n) is 1.63. The first-order valence-corrected chi connectivity index (χ1v) is 6.84. The summed E-state index contributed by atoms with van der Waals surface area (Å²) in [6.45, 7) is 0.455. The number of ether oxygens (including phenoxy) is 1. The molecule has 1 aromatic carbocycles. The first-order valence-electron chi connectivity index (χ1n) is 5.89. The van der Waals surface area contributed by atoms with Crippen molar-refractivity contribution in [3.63, 3.8) is 0 Å². The van der Waals surface area contributed by atoms with Crippen molar-refractivity contribution < 1.29 is 9.53 Å². The Labute approximate surface area is 116 Å². The van der Waals surface area contributed by atoms with Gasteiger partial charge in [-0.1, -0.05) is 18.2 Å². The van der Waals surface area contributed by atoms with E-state index in [1.54, 1.807) is 24.5 Å². The fraction of sp³-hybridized carbons (Fsp3) is 0.133. The van der Waals surface area contributed by atoms with E-state index in [0.29, 0.717) is 6.54 Å². The van der Waals surface area contributed by atoms with E-state index >= 15 is 0 Å². The number of nitrogens with one attached hydrogen (secondary N) is 1. The van der Waals surface area contributed by atoms with Crippen molar-refractivity contribution >= 4 is 23.3 Å². The predicted octanol–water partition coefficient (Wildman–Crippen LogP) is 3.09. The lowest BCUT2D eigenvalue weighted by molar-refractivity contribution is -0.116. The Morgan fingerprint density at radius 3 is 2.95 bits per heavy atom. The van der Waals surface area contributed by atoms with Crippen LogP contribution in [0.5, 0.6) is 5.75 Å². The van der Waals surface area contributed by atoms with Gasteiger partial charge in [-0.3, -0.25) is 4.79 Å². The monoisotopic (exact) mass is 273 g/mol. The largest absolute Gasteiger partial charge is 0.496 e. The van der Waals surface area contributed by atoms with Crippen LogP contribution in [0.1, 0.15) is 11.1 Å². The number of methoxy groups -OCH3 is 1. The molecule has 0 atom stereocenters. The Morgan fingerprint density at radius 2 is 2.21 bits per heavy atom. The van der Waals surface area contributed by atoms with E-state index in [0.717, 1.165) is 16.9 Å². The zero-order valence-corrected chi connectivity index (χ0v) is 11.4. The van der Waals surface area contributed by atoms with E-state index in [1.165, 1.54) is 6.08 Å². The molecule has 2 rings (SSSR count). The highest BCUT2D eigenvalue weighted by molar-refractivity contribution is 7.08. The van der Waals surface area contributed by atoms with Gasteiger partial charge in [0, 0.05) is 18.2 Å². The molecule has 2 aromatic rings. The van der Waals surface area contributed by atoms with Crippen LogP contribution in [0, 0.1) is 0 Å². The molecule has 0 aliphatic carbocycles. The Morgan fingerprint density at radius 1 is 1.37 bits per heavy atom. The van der Waals surface area contributed by atoms with Gasteiger partial charge < -0.3 is 10.1 Å². The molecular formula is C15H15NO2S. The van der Waals surface area contributed by atoms with Gasteiger partial charge >= 0.3 is 0 Å². The minimum absolute atomic E-state index is 0.114. The normalized spacial score (nSPS) is 10.6. The maximum Gasteiger partial charge on any atom is 0.244 e. The first kappa shape index (κ1) is 13.4. The van der Waals surface area contributed by atoms with Gasteiger partial charge in [-0.25, -0.2) is 0 Å². The van der Waals surface area contributed by atoms with Crippen LogP contribution in [0.25, 0.3) is 6.08 Å². The van der Waals surface area contributed by atoms with Crippen molar-refractivity contribution in [2.45, 2.75) is 6.54 Å². The lowest BCUT2D eigenvalue weighted by atomic mass is 10.2. The third-order valence-corrected chi connectivity index (χ3v) is 3.32. The van der Waals surface area contributed by atoms with E-state index in [9.17, 15) is 4.79 Å². The van der Waals surface area contributed by atoms with Crippen LogP contribution in [-0.2, 0) is 11.3 Å².